The minimum absolute atomic E-state index is 0.154. The molecule has 1 saturated heterocycles. The average Bonchev–Trinajstić information content (AvgIpc) is 3.07. The first kappa shape index (κ1) is 24.9. The highest BCUT2D eigenvalue weighted by Gasteiger charge is 2.41. The summed E-state index contributed by atoms with van der Waals surface area (Å²) < 4.78 is 5.06. The maximum Gasteiger partial charge on any atom is 0.416 e. The molecule has 2 amide bonds. The highest BCUT2D eigenvalue weighted by Crippen LogP contribution is 2.24. The van der Waals surface area contributed by atoms with Crippen molar-refractivity contribution < 1.29 is 19.4 Å². The summed E-state index contributed by atoms with van der Waals surface area (Å²) in [4.78, 5) is 25.9. The highest BCUT2D eigenvalue weighted by atomic mass is 16.6. The van der Waals surface area contributed by atoms with Crippen LogP contribution in [0.2, 0.25) is 0 Å². The number of amides is 2. The summed E-state index contributed by atoms with van der Waals surface area (Å²) >= 11 is 0. The molecule has 0 unspecified atom stereocenters. The Morgan fingerprint density at radius 1 is 1.00 bits per heavy atom. The molecular weight excluding hydrogens is 354 g/mol. The molecule has 0 radical (unpaired) electrons. The molecule has 5 nitrogen and oxygen atoms in total. The van der Waals surface area contributed by atoms with Gasteiger partial charge in [-0.1, -0.05) is 97.8 Å². The molecule has 164 valence electrons. The van der Waals surface area contributed by atoms with Crippen LogP contribution in [0.3, 0.4) is 0 Å². The summed E-state index contributed by atoms with van der Waals surface area (Å²) in [5.74, 6) is -0.608. The van der Waals surface area contributed by atoms with Gasteiger partial charge < -0.3 is 9.84 Å². The maximum atomic E-state index is 12.7. The Balaban J connectivity index is 2.14. The lowest BCUT2D eigenvalue weighted by Gasteiger charge is -2.26. The van der Waals surface area contributed by atoms with Gasteiger partial charge in [-0.2, -0.15) is 0 Å². The molecule has 1 N–H and O–H groups in total. The Morgan fingerprint density at radius 3 is 1.96 bits per heavy atom. The molecule has 0 bridgehead atoms. The van der Waals surface area contributed by atoms with E-state index in [1.54, 1.807) is 0 Å². The number of hydrogen-bond donors (Lipinski definition) is 1. The van der Waals surface area contributed by atoms with Crippen molar-refractivity contribution in [3.63, 3.8) is 0 Å². The molecule has 0 aromatic carbocycles. The minimum Gasteiger partial charge on any atom is -0.447 e. The van der Waals surface area contributed by atoms with E-state index in [1.807, 2.05) is 13.8 Å². The fraction of sp³-hybridized carbons (Fsp3) is 0.913. The lowest BCUT2D eigenvalue weighted by atomic mass is 9.97. The number of ether oxygens (including phenoxy) is 1. The summed E-state index contributed by atoms with van der Waals surface area (Å²) in [6, 6.07) is -0.212. The van der Waals surface area contributed by atoms with Gasteiger partial charge in [0.05, 0.1) is 18.6 Å². The van der Waals surface area contributed by atoms with E-state index in [-0.39, 0.29) is 31.1 Å². The van der Waals surface area contributed by atoms with Crippen molar-refractivity contribution in [1.29, 1.82) is 0 Å². The van der Waals surface area contributed by atoms with Crippen LogP contribution in [0.4, 0.5) is 4.79 Å². The third kappa shape index (κ3) is 8.93. The Labute approximate surface area is 172 Å². The van der Waals surface area contributed by atoms with E-state index in [9.17, 15) is 14.7 Å². The molecule has 0 saturated carbocycles. The molecule has 1 heterocycles. The second-order valence-electron chi connectivity index (χ2n) is 8.65. The van der Waals surface area contributed by atoms with E-state index in [1.165, 1.54) is 69.1 Å². The van der Waals surface area contributed by atoms with Crippen LogP contribution in [0.25, 0.3) is 0 Å². The van der Waals surface area contributed by atoms with Gasteiger partial charge in [-0.3, -0.25) is 4.79 Å². The number of unbranched alkanes of at least 4 members (excludes halogenated alkanes) is 11. The predicted molar refractivity (Wildman–Crippen MR) is 113 cm³/mol. The van der Waals surface area contributed by atoms with Crippen LogP contribution < -0.4 is 0 Å². The van der Waals surface area contributed by atoms with E-state index in [0.717, 1.165) is 12.8 Å². The van der Waals surface area contributed by atoms with Gasteiger partial charge in [0.2, 0.25) is 5.91 Å². The Hall–Kier alpha value is -1.10. The van der Waals surface area contributed by atoms with Crippen LogP contribution in [-0.2, 0) is 9.53 Å². The number of hydrogen-bond acceptors (Lipinski definition) is 4. The van der Waals surface area contributed by atoms with Crippen LogP contribution in [-0.4, -0.2) is 41.3 Å². The molecule has 0 aliphatic carbocycles. The molecule has 0 spiro atoms. The van der Waals surface area contributed by atoms with Crippen molar-refractivity contribution in [1.82, 2.24) is 4.90 Å². The molecule has 28 heavy (non-hydrogen) atoms. The number of carbonyl (C=O) groups excluding carboxylic acids is 2. The fourth-order valence-corrected chi connectivity index (χ4v) is 3.90. The summed E-state index contributed by atoms with van der Waals surface area (Å²) in [6.45, 7) is 6.27. The van der Waals surface area contributed by atoms with Crippen LogP contribution in [0.15, 0.2) is 0 Å². The van der Waals surface area contributed by atoms with E-state index < -0.39 is 12.0 Å². The molecule has 0 aromatic rings. The number of cyclic esters (lactones) is 1. The Kier molecular flexibility index (Phi) is 13.2. The summed E-state index contributed by atoms with van der Waals surface area (Å²) in [6.07, 6.45) is 15.3. The first-order chi connectivity index (χ1) is 13.5. The average molecular weight is 398 g/mol. The van der Waals surface area contributed by atoms with Gasteiger partial charge in [0, 0.05) is 0 Å². The van der Waals surface area contributed by atoms with Gasteiger partial charge in [0.25, 0.3) is 0 Å². The van der Waals surface area contributed by atoms with E-state index in [2.05, 4.69) is 6.92 Å². The van der Waals surface area contributed by atoms with Gasteiger partial charge in [-0.15, -0.1) is 0 Å². The molecule has 2 atom stereocenters. The van der Waals surface area contributed by atoms with Crippen molar-refractivity contribution in [3.8, 4) is 0 Å². The van der Waals surface area contributed by atoms with Crippen molar-refractivity contribution in [2.24, 2.45) is 11.8 Å². The van der Waals surface area contributed by atoms with Gasteiger partial charge in [-0.05, 0) is 12.3 Å². The second kappa shape index (κ2) is 14.8. The molecule has 1 aliphatic rings. The van der Waals surface area contributed by atoms with Crippen molar-refractivity contribution in [2.45, 2.75) is 110 Å². The van der Waals surface area contributed by atoms with E-state index >= 15 is 0 Å². The lowest BCUT2D eigenvalue weighted by molar-refractivity contribution is -0.135. The maximum absolute atomic E-state index is 12.7. The quantitative estimate of drug-likeness (QED) is 0.340. The van der Waals surface area contributed by atoms with Crippen LogP contribution in [0, 0.1) is 11.8 Å². The zero-order valence-corrected chi connectivity index (χ0v) is 18.5. The first-order valence-electron chi connectivity index (χ1n) is 11.6. The number of nitrogens with zero attached hydrogens (tertiary/aromatic N) is 1. The minimum atomic E-state index is -0.558. The first-order valence-corrected chi connectivity index (χ1v) is 11.6. The monoisotopic (exact) mass is 397 g/mol. The lowest BCUT2D eigenvalue weighted by Crippen LogP contribution is -2.45. The largest absolute Gasteiger partial charge is 0.447 e. The number of aliphatic hydroxyl groups excluding tert-OH is 1. The number of imide groups is 1. The predicted octanol–water partition coefficient (Wildman–Crippen LogP) is 5.69. The standard InChI is InChI=1S/C23H43NO4/c1-4-5-6-7-8-9-10-11-12-13-14-15-16-20(17-25)22(26)24-21(19(2)3)18-28-23(24)27/h19-21,25H,4-18H2,1-3H3/t20-,21-/m1/s1. The molecule has 1 aliphatic heterocycles. The Bertz CT molecular complexity index is 438. The molecule has 0 aromatic heterocycles. The van der Waals surface area contributed by atoms with Crippen molar-refractivity contribution >= 4 is 12.0 Å². The fourth-order valence-electron chi connectivity index (χ4n) is 3.90. The third-order valence-electron chi connectivity index (χ3n) is 5.89. The van der Waals surface area contributed by atoms with Crippen LogP contribution in [0.5, 0.6) is 0 Å². The highest BCUT2D eigenvalue weighted by molar-refractivity contribution is 5.94. The van der Waals surface area contributed by atoms with Gasteiger partial charge in [-0.25, -0.2) is 9.69 Å². The number of aliphatic hydroxyl groups is 1. The summed E-state index contributed by atoms with van der Waals surface area (Å²) in [5.41, 5.74) is 0. The van der Waals surface area contributed by atoms with Crippen LogP contribution >= 0.6 is 0 Å². The summed E-state index contributed by atoms with van der Waals surface area (Å²) in [7, 11) is 0. The summed E-state index contributed by atoms with van der Waals surface area (Å²) in [5, 5.41) is 9.65. The van der Waals surface area contributed by atoms with Gasteiger partial charge in [0.1, 0.15) is 6.61 Å². The van der Waals surface area contributed by atoms with E-state index in [0.29, 0.717) is 6.42 Å². The van der Waals surface area contributed by atoms with Crippen molar-refractivity contribution in [3.05, 3.63) is 0 Å². The molecule has 1 fully saturated rings. The topological polar surface area (TPSA) is 66.8 Å². The number of carbonyl (C=O) groups is 2. The van der Waals surface area contributed by atoms with Crippen LogP contribution in [0.1, 0.15) is 104 Å². The number of rotatable bonds is 16. The molecule has 1 rings (SSSR count). The third-order valence-corrected chi connectivity index (χ3v) is 5.89. The zero-order chi connectivity index (χ0) is 20.8. The molecular formula is C23H43NO4. The SMILES string of the molecule is CCCCCCCCCCCCCC[C@H](CO)C(=O)N1C(=O)OC[C@@H]1C(C)C. The van der Waals surface area contributed by atoms with Crippen molar-refractivity contribution in [2.75, 3.05) is 13.2 Å². The van der Waals surface area contributed by atoms with Gasteiger partial charge in [0.15, 0.2) is 0 Å². The second-order valence-corrected chi connectivity index (χ2v) is 8.65. The molecule has 5 heteroatoms. The smallest absolute Gasteiger partial charge is 0.416 e. The Morgan fingerprint density at radius 2 is 1.50 bits per heavy atom. The zero-order valence-electron chi connectivity index (χ0n) is 18.5. The van der Waals surface area contributed by atoms with E-state index in [4.69, 9.17) is 4.74 Å². The normalized spacial score (nSPS) is 18.0. The van der Waals surface area contributed by atoms with Gasteiger partial charge >= 0.3 is 6.09 Å².